The number of aromatic nitrogens is 1. The van der Waals surface area contributed by atoms with Crippen molar-refractivity contribution in [3.05, 3.63) is 46.6 Å². The van der Waals surface area contributed by atoms with Gasteiger partial charge in [-0.1, -0.05) is 23.7 Å². The summed E-state index contributed by atoms with van der Waals surface area (Å²) in [6, 6.07) is 11.5. The van der Waals surface area contributed by atoms with Crippen LogP contribution in [0.3, 0.4) is 0 Å². The van der Waals surface area contributed by atoms with Crippen molar-refractivity contribution in [1.29, 1.82) is 5.26 Å². The Bertz CT molecular complexity index is 717. The third-order valence-corrected chi connectivity index (χ3v) is 3.54. The highest BCUT2D eigenvalue weighted by Crippen LogP contribution is 2.44. The molecular weight excluding hydrogens is 260 g/mol. The van der Waals surface area contributed by atoms with Gasteiger partial charge in [0.1, 0.15) is 22.6 Å². The molecule has 1 aliphatic heterocycles. The summed E-state index contributed by atoms with van der Waals surface area (Å²) in [6.07, 6.45) is 0. The van der Waals surface area contributed by atoms with Crippen LogP contribution in [-0.2, 0) is 5.60 Å². The molecule has 1 aromatic carbocycles. The molecule has 1 aromatic heterocycles. The Morgan fingerprint density at radius 2 is 2.05 bits per heavy atom. The van der Waals surface area contributed by atoms with Crippen LogP contribution in [0.25, 0.3) is 11.3 Å². The number of hydrogen-bond donors (Lipinski definition) is 0. The highest BCUT2D eigenvalue weighted by atomic mass is 35.5. The first-order valence-corrected chi connectivity index (χ1v) is 6.30. The summed E-state index contributed by atoms with van der Waals surface area (Å²) in [7, 11) is 0. The zero-order valence-electron chi connectivity index (χ0n) is 10.6. The number of rotatable bonds is 0. The lowest BCUT2D eigenvalue weighted by atomic mass is 9.89. The van der Waals surface area contributed by atoms with Crippen molar-refractivity contribution in [2.75, 3.05) is 0 Å². The Labute approximate surface area is 116 Å². The van der Waals surface area contributed by atoms with Gasteiger partial charge in [0.05, 0.1) is 11.3 Å². The average molecular weight is 271 g/mol. The maximum Gasteiger partial charge on any atom is 0.147 e. The van der Waals surface area contributed by atoms with Gasteiger partial charge < -0.3 is 4.74 Å². The van der Waals surface area contributed by atoms with Crippen molar-refractivity contribution in [3.63, 3.8) is 0 Å². The van der Waals surface area contributed by atoms with Crippen molar-refractivity contribution in [1.82, 2.24) is 4.98 Å². The Morgan fingerprint density at radius 1 is 1.32 bits per heavy atom. The quantitative estimate of drug-likeness (QED) is 0.682. The molecule has 0 unspecified atom stereocenters. The Hall–Kier alpha value is -2.05. The molecule has 2 heterocycles. The molecule has 0 saturated heterocycles. The van der Waals surface area contributed by atoms with Crippen LogP contribution in [0.15, 0.2) is 30.3 Å². The molecule has 0 N–H and O–H groups in total. The molecule has 0 amide bonds. The highest BCUT2D eigenvalue weighted by Gasteiger charge is 2.34. The molecule has 0 fully saturated rings. The fraction of sp³-hybridized carbons (Fsp3) is 0.200. The van der Waals surface area contributed by atoms with E-state index in [-0.39, 0.29) is 5.15 Å². The van der Waals surface area contributed by atoms with Gasteiger partial charge in [-0.15, -0.1) is 0 Å². The summed E-state index contributed by atoms with van der Waals surface area (Å²) >= 11 is 6.05. The van der Waals surface area contributed by atoms with Crippen molar-refractivity contribution >= 4 is 11.6 Å². The van der Waals surface area contributed by atoms with Crippen LogP contribution < -0.4 is 4.74 Å². The molecule has 4 heteroatoms. The van der Waals surface area contributed by atoms with E-state index in [9.17, 15) is 0 Å². The first-order chi connectivity index (χ1) is 9.03. The van der Waals surface area contributed by atoms with Gasteiger partial charge in [-0.05, 0) is 32.0 Å². The second-order valence-electron chi connectivity index (χ2n) is 4.94. The molecule has 0 aliphatic carbocycles. The van der Waals surface area contributed by atoms with Gasteiger partial charge >= 0.3 is 0 Å². The van der Waals surface area contributed by atoms with Crippen LogP contribution in [0.4, 0.5) is 0 Å². The Kier molecular flexibility index (Phi) is 2.51. The molecule has 94 valence electrons. The van der Waals surface area contributed by atoms with Gasteiger partial charge in [0.25, 0.3) is 0 Å². The molecule has 0 spiro atoms. The van der Waals surface area contributed by atoms with Crippen molar-refractivity contribution in [2.45, 2.75) is 19.4 Å². The molecule has 3 nitrogen and oxygen atoms in total. The van der Waals surface area contributed by atoms with Crippen molar-refractivity contribution < 1.29 is 4.74 Å². The minimum absolute atomic E-state index is 0.230. The SMILES string of the molecule is CC1(C)Oc2ccccc2-c2nc(Cl)c(C#N)cc21. The molecule has 0 bridgehead atoms. The largest absolute Gasteiger partial charge is 0.482 e. The van der Waals surface area contributed by atoms with E-state index in [2.05, 4.69) is 11.1 Å². The third-order valence-electron chi connectivity index (χ3n) is 3.25. The van der Waals surface area contributed by atoms with Gasteiger partial charge in [0, 0.05) is 11.1 Å². The van der Waals surface area contributed by atoms with Crippen molar-refractivity contribution in [3.8, 4) is 23.1 Å². The van der Waals surface area contributed by atoms with E-state index in [1.807, 2.05) is 38.1 Å². The highest BCUT2D eigenvalue weighted by molar-refractivity contribution is 6.30. The minimum Gasteiger partial charge on any atom is -0.482 e. The summed E-state index contributed by atoms with van der Waals surface area (Å²) in [5, 5.41) is 9.30. The number of hydrogen-bond acceptors (Lipinski definition) is 3. The van der Waals surface area contributed by atoms with E-state index in [4.69, 9.17) is 21.6 Å². The number of nitriles is 1. The van der Waals surface area contributed by atoms with E-state index >= 15 is 0 Å². The van der Waals surface area contributed by atoms with Crippen LogP contribution in [0.1, 0.15) is 25.0 Å². The van der Waals surface area contributed by atoms with E-state index in [1.54, 1.807) is 6.07 Å². The molecule has 0 saturated carbocycles. The van der Waals surface area contributed by atoms with Gasteiger partial charge in [-0.3, -0.25) is 0 Å². The molecule has 0 atom stereocenters. The molecule has 1 aliphatic rings. The average Bonchev–Trinajstić information content (AvgIpc) is 2.37. The fourth-order valence-electron chi connectivity index (χ4n) is 2.31. The lowest BCUT2D eigenvalue weighted by Crippen LogP contribution is -2.30. The topological polar surface area (TPSA) is 45.9 Å². The van der Waals surface area contributed by atoms with Gasteiger partial charge in [-0.25, -0.2) is 4.98 Å². The number of halogens is 1. The number of pyridine rings is 1. The van der Waals surface area contributed by atoms with E-state index in [0.29, 0.717) is 5.56 Å². The molecule has 0 radical (unpaired) electrons. The summed E-state index contributed by atoms with van der Waals surface area (Å²) in [5.74, 6) is 0.785. The van der Waals surface area contributed by atoms with Crippen LogP contribution >= 0.6 is 11.6 Å². The summed E-state index contributed by atoms with van der Waals surface area (Å²) in [5.41, 5.74) is 2.41. The number of ether oxygens (including phenoxy) is 1. The van der Waals surface area contributed by atoms with Crippen LogP contribution in [0.2, 0.25) is 5.15 Å². The van der Waals surface area contributed by atoms with E-state index < -0.39 is 5.60 Å². The fourth-order valence-corrected chi connectivity index (χ4v) is 2.50. The first-order valence-electron chi connectivity index (χ1n) is 5.92. The zero-order valence-corrected chi connectivity index (χ0v) is 11.3. The number of benzene rings is 1. The lowest BCUT2D eigenvalue weighted by molar-refractivity contribution is 0.105. The molecule has 3 rings (SSSR count). The maximum atomic E-state index is 9.07. The van der Waals surface area contributed by atoms with E-state index in [1.165, 1.54) is 0 Å². The number of fused-ring (bicyclic) bond motifs is 3. The van der Waals surface area contributed by atoms with E-state index in [0.717, 1.165) is 22.6 Å². The smallest absolute Gasteiger partial charge is 0.147 e. The Morgan fingerprint density at radius 3 is 2.79 bits per heavy atom. The summed E-state index contributed by atoms with van der Waals surface area (Å²) < 4.78 is 5.99. The molecule has 19 heavy (non-hydrogen) atoms. The van der Waals surface area contributed by atoms with Crippen LogP contribution in [-0.4, -0.2) is 4.98 Å². The van der Waals surface area contributed by atoms with Gasteiger partial charge in [-0.2, -0.15) is 5.26 Å². The monoisotopic (exact) mass is 270 g/mol. The first kappa shape index (κ1) is 12.0. The molecule has 2 aromatic rings. The van der Waals surface area contributed by atoms with Gasteiger partial charge in [0.15, 0.2) is 0 Å². The predicted molar refractivity (Wildman–Crippen MR) is 73.1 cm³/mol. The minimum atomic E-state index is -0.535. The van der Waals surface area contributed by atoms with Gasteiger partial charge in [0.2, 0.25) is 0 Å². The van der Waals surface area contributed by atoms with Crippen LogP contribution in [0, 0.1) is 11.3 Å². The van der Waals surface area contributed by atoms with Crippen molar-refractivity contribution in [2.24, 2.45) is 0 Å². The number of nitrogens with zero attached hydrogens (tertiary/aromatic N) is 2. The standard InChI is InChI=1S/C15H11ClN2O/c1-15(2)11-7-9(8-17)14(16)18-13(11)10-5-3-4-6-12(10)19-15/h3-7H,1-2H3. The molecular formula is C15H11ClN2O. The predicted octanol–water partition coefficient (Wildman–Crippen LogP) is 3.90. The van der Waals surface area contributed by atoms with Crippen LogP contribution in [0.5, 0.6) is 5.75 Å². The zero-order chi connectivity index (χ0) is 13.6. The maximum absolute atomic E-state index is 9.07. The Balaban J connectivity index is 2.36. The summed E-state index contributed by atoms with van der Waals surface area (Å²) in [4.78, 5) is 4.38. The normalized spacial score (nSPS) is 14.8. The second kappa shape index (κ2) is 3.97. The second-order valence-corrected chi connectivity index (χ2v) is 5.30. The third kappa shape index (κ3) is 1.76. The summed E-state index contributed by atoms with van der Waals surface area (Å²) in [6.45, 7) is 3.91. The number of para-hydroxylation sites is 1. The lowest BCUT2D eigenvalue weighted by Gasteiger charge is -2.34.